The average Bonchev–Trinajstić information content (AvgIpc) is 3.14. The second kappa shape index (κ2) is 7.66. The van der Waals surface area contributed by atoms with Gasteiger partial charge in [-0.1, -0.05) is 53.0 Å². The highest BCUT2D eigenvalue weighted by molar-refractivity contribution is 7.16. The molecule has 0 saturated carbocycles. The molecular formula is C18H16Cl3N3OS. The number of nitriles is 1. The van der Waals surface area contributed by atoms with Crippen molar-refractivity contribution in [3.63, 3.8) is 0 Å². The normalized spacial score (nSPS) is 14.4. The highest BCUT2D eigenvalue weighted by atomic mass is 35.6. The number of carbonyl (C=O) groups is 1. The van der Waals surface area contributed by atoms with E-state index in [4.69, 9.17) is 34.8 Å². The van der Waals surface area contributed by atoms with Crippen LogP contribution in [0.5, 0.6) is 0 Å². The summed E-state index contributed by atoms with van der Waals surface area (Å²) in [5.41, 5.74) is 2.96. The number of amides is 1. The Bertz CT molecular complexity index is 883. The van der Waals surface area contributed by atoms with Crippen LogP contribution in [0.2, 0.25) is 0 Å². The molecular weight excluding hydrogens is 413 g/mol. The molecule has 136 valence electrons. The number of carbonyl (C=O) groups excluding carboxylic acids is 1. The molecule has 0 spiro atoms. The second-order valence-electron chi connectivity index (χ2n) is 6.08. The van der Waals surface area contributed by atoms with E-state index in [1.54, 1.807) is 12.1 Å². The molecule has 0 saturated heterocycles. The van der Waals surface area contributed by atoms with Crippen LogP contribution in [0.4, 0.5) is 5.00 Å². The monoisotopic (exact) mass is 427 g/mol. The van der Waals surface area contributed by atoms with Crippen LogP contribution in [0.3, 0.4) is 0 Å². The summed E-state index contributed by atoms with van der Waals surface area (Å²) in [6.45, 7) is 1.84. The largest absolute Gasteiger partial charge is 0.352 e. The highest BCUT2D eigenvalue weighted by Gasteiger charge is 2.36. The number of hydrogen-bond acceptors (Lipinski definition) is 4. The van der Waals surface area contributed by atoms with E-state index in [1.165, 1.54) is 16.2 Å². The van der Waals surface area contributed by atoms with Gasteiger partial charge in [-0.15, -0.1) is 11.3 Å². The minimum Gasteiger partial charge on any atom is -0.352 e. The molecule has 2 aromatic rings. The van der Waals surface area contributed by atoms with Crippen LogP contribution in [0.25, 0.3) is 0 Å². The molecule has 26 heavy (non-hydrogen) atoms. The SMILES string of the molecule is Cc1ccccc1C(=O)NC(Nc1sc2c(c1C#N)CCC2)C(Cl)(Cl)Cl. The van der Waals surface area contributed by atoms with Gasteiger partial charge in [-0.2, -0.15) is 5.26 Å². The lowest BCUT2D eigenvalue weighted by molar-refractivity contribution is 0.0941. The van der Waals surface area contributed by atoms with Crippen molar-refractivity contribution < 1.29 is 4.79 Å². The first-order valence-corrected chi connectivity index (χ1v) is 10.0. The molecule has 3 rings (SSSR count). The summed E-state index contributed by atoms with van der Waals surface area (Å²) < 4.78 is -1.79. The fraction of sp³-hybridized carbons (Fsp3) is 0.333. The molecule has 1 unspecified atom stereocenters. The maximum absolute atomic E-state index is 12.6. The number of anilines is 1. The van der Waals surface area contributed by atoms with Gasteiger partial charge >= 0.3 is 0 Å². The number of benzene rings is 1. The maximum Gasteiger partial charge on any atom is 0.253 e. The minimum absolute atomic E-state index is 0.352. The van der Waals surface area contributed by atoms with E-state index < -0.39 is 9.96 Å². The van der Waals surface area contributed by atoms with Gasteiger partial charge < -0.3 is 10.6 Å². The number of rotatable bonds is 4. The number of nitrogens with zero attached hydrogens (tertiary/aromatic N) is 1. The predicted molar refractivity (Wildman–Crippen MR) is 107 cm³/mol. The van der Waals surface area contributed by atoms with Crippen LogP contribution >= 0.6 is 46.1 Å². The summed E-state index contributed by atoms with van der Waals surface area (Å²) >= 11 is 19.7. The molecule has 0 radical (unpaired) electrons. The molecule has 1 aliphatic carbocycles. The van der Waals surface area contributed by atoms with Gasteiger partial charge in [0.25, 0.3) is 5.91 Å². The molecule has 1 aromatic heterocycles. The van der Waals surface area contributed by atoms with Crippen LogP contribution in [0.1, 0.15) is 38.3 Å². The van der Waals surface area contributed by atoms with Gasteiger partial charge in [0, 0.05) is 10.4 Å². The summed E-state index contributed by atoms with van der Waals surface area (Å²) in [6, 6.07) is 9.40. The summed E-state index contributed by atoms with van der Waals surface area (Å²) in [6.07, 6.45) is 1.90. The lowest BCUT2D eigenvalue weighted by Gasteiger charge is -2.27. The van der Waals surface area contributed by atoms with Gasteiger partial charge in [0.2, 0.25) is 3.79 Å². The van der Waals surface area contributed by atoms with Crippen molar-refractivity contribution in [1.29, 1.82) is 5.26 Å². The summed E-state index contributed by atoms with van der Waals surface area (Å²) in [4.78, 5) is 13.8. The Morgan fingerprint density at radius 1 is 1.31 bits per heavy atom. The van der Waals surface area contributed by atoms with Gasteiger partial charge in [-0.3, -0.25) is 4.79 Å². The molecule has 1 amide bonds. The van der Waals surface area contributed by atoms with Crippen LogP contribution in [0, 0.1) is 18.3 Å². The van der Waals surface area contributed by atoms with Crippen molar-refractivity contribution in [2.24, 2.45) is 0 Å². The lowest BCUT2D eigenvalue weighted by Crippen LogP contribution is -2.49. The fourth-order valence-corrected chi connectivity index (χ4v) is 4.59. The predicted octanol–water partition coefficient (Wildman–Crippen LogP) is 4.96. The average molecular weight is 429 g/mol. The summed E-state index contributed by atoms with van der Waals surface area (Å²) in [5.74, 6) is -0.352. The third-order valence-corrected chi connectivity index (χ3v) is 6.18. The van der Waals surface area contributed by atoms with Crippen molar-refractivity contribution >= 4 is 57.0 Å². The molecule has 2 N–H and O–H groups in total. The summed E-state index contributed by atoms with van der Waals surface area (Å²) in [7, 11) is 0. The van der Waals surface area contributed by atoms with Crippen molar-refractivity contribution in [2.45, 2.75) is 36.1 Å². The number of fused-ring (bicyclic) bond motifs is 1. The number of nitrogens with one attached hydrogen (secondary N) is 2. The molecule has 1 atom stereocenters. The fourth-order valence-electron chi connectivity index (χ4n) is 2.99. The first-order chi connectivity index (χ1) is 12.3. The molecule has 0 bridgehead atoms. The van der Waals surface area contributed by atoms with Crippen molar-refractivity contribution in [3.05, 3.63) is 51.4 Å². The molecule has 4 nitrogen and oxygen atoms in total. The Morgan fingerprint density at radius 2 is 2.04 bits per heavy atom. The van der Waals surface area contributed by atoms with Crippen LogP contribution in [-0.2, 0) is 12.8 Å². The number of hydrogen-bond donors (Lipinski definition) is 2. The van der Waals surface area contributed by atoms with Gasteiger partial charge in [0.15, 0.2) is 0 Å². The zero-order chi connectivity index (χ0) is 18.9. The zero-order valence-electron chi connectivity index (χ0n) is 13.9. The van der Waals surface area contributed by atoms with Gasteiger partial charge in [0.1, 0.15) is 17.2 Å². The molecule has 0 aliphatic heterocycles. The van der Waals surface area contributed by atoms with E-state index in [2.05, 4.69) is 16.7 Å². The van der Waals surface area contributed by atoms with E-state index in [1.807, 2.05) is 19.1 Å². The van der Waals surface area contributed by atoms with E-state index in [-0.39, 0.29) is 5.91 Å². The first kappa shape index (κ1) is 19.3. The lowest BCUT2D eigenvalue weighted by atomic mass is 10.1. The Balaban J connectivity index is 1.86. The van der Waals surface area contributed by atoms with Gasteiger partial charge in [-0.25, -0.2) is 0 Å². The topological polar surface area (TPSA) is 64.9 Å². The molecule has 8 heteroatoms. The first-order valence-electron chi connectivity index (χ1n) is 8.05. The van der Waals surface area contributed by atoms with Crippen LogP contribution in [-0.4, -0.2) is 15.9 Å². The number of thiophene rings is 1. The van der Waals surface area contributed by atoms with Gasteiger partial charge in [0.05, 0.1) is 5.56 Å². The van der Waals surface area contributed by atoms with E-state index in [9.17, 15) is 10.1 Å². The Kier molecular flexibility index (Phi) is 5.69. The number of halogens is 3. The van der Waals surface area contributed by atoms with Gasteiger partial charge in [-0.05, 0) is 43.4 Å². The minimum atomic E-state index is -1.79. The molecule has 1 aromatic carbocycles. The smallest absolute Gasteiger partial charge is 0.253 e. The molecule has 0 fully saturated rings. The third kappa shape index (κ3) is 3.94. The zero-order valence-corrected chi connectivity index (χ0v) is 17.0. The quantitative estimate of drug-likeness (QED) is 0.534. The van der Waals surface area contributed by atoms with E-state index >= 15 is 0 Å². The van der Waals surface area contributed by atoms with Crippen LogP contribution < -0.4 is 10.6 Å². The standard InChI is InChI=1S/C18H16Cl3N3OS/c1-10-5-2-3-6-11(10)15(25)23-17(18(19,20)21)24-16-13(9-22)12-7-4-8-14(12)26-16/h2-3,5-6,17,24H,4,7-8H2,1H3,(H,23,25). The van der Waals surface area contributed by atoms with Crippen molar-refractivity contribution in [1.82, 2.24) is 5.32 Å². The summed E-state index contributed by atoms with van der Waals surface area (Å²) in [5, 5.41) is 15.9. The van der Waals surface area contributed by atoms with E-state index in [0.717, 1.165) is 30.4 Å². The van der Waals surface area contributed by atoms with Crippen molar-refractivity contribution in [3.8, 4) is 6.07 Å². The number of aryl methyl sites for hydroxylation is 2. The third-order valence-electron chi connectivity index (χ3n) is 4.30. The van der Waals surface area contributed by atoms with E-state index in [0.29, 0.717) is 16.1 Å². The number of alkyl halides is 3. The Labute approximate surface area is 171 Å². The highest BCUT2D eigenvalue weighted by Crippen LogP contribution is 2.40. The molecule has 1 heterocycles. The molecule has 1 aliphatic rings. The van der Waals surface area contributed by atoms with Crippen molar-refractivity contribution in [2.75, 3.05) is 5.32 Å². The Hall–Kier alpha value is -1.45. The van der Waals surface area contributed by atoms with Crippen LogP contribution in [0.15, 0.2) is 24.3 Å². The second-order valence-corrected chi connectivity index (χ2v) is 9.55. The Morgan fingerprint density at radius 3 is 2.69 bits per heavy atom. The maximum atomic E-state index is 12.6.